The first kappa shape index (κ1) is 27.5. The lowest BCUT2D eigenvalue weighted by molar-refractivity contribution is -0.181. The van der Waals surface area contributed by atoms with Gasteiger partial charge < -0.3 is 29.0 Å². The lowest BCUT2D eigenvalue weighted by Gasteiger charge is -2.37. The second kappa shape index (κ2) is 11.1. The van der Waals surface area contributed by atoms with Crippen LogP contribution in [0.4, 0.5) is 4.79 Å². The third kappa shape index (κ3) is 5.67. The van der Waals surface area contributed by atoms with Crippen molar-refractivity contribution in [2.24, 2.45) is 0 Å². The fourth-order valence-electron chi connectivity index (χ4n) is 4.41. The van der Waals surface area contributed by atoms with Crippen LogP contribution in [0.25, 0.3) is 0 Å². The normalized spacial score (nSPS) is 16.9. The molecular formula is C30H31NO8. The summed E-state index contributed by atoms with van der Waals surface area (Å²) >= 11 is 0. The van der Waals surface area contributed by atoms with Gasteiger partial charge in [-0.2, -0.15) is 0 Å². The highest BCUT2D eigenvalue weighted by molar-refractivity contribution is 6.01. The fourth-order valence-corrected chi connectivity index (χ4v) is 4.41. The van der Waals surface area contributed by atoms with Crippen molar-refractivity contribution >= 4 is 18.0 Å². The van der Waals surface area contributed by atoms with Gasteiger partial charge in [-0.1, -0.05) is 54.6 Å². The first-order valence-electron chi connectivity index (χ1n) is 12.3. The predicted octanol–water partition coefficient (Wildman–Crippen LogP) is 5.08. The maximum Gasteiger partial charge on any atom is 0.408 e. The van der Waals surface area contributed by atoms with Gasteiger partial charge in [0, 0.05) is 5.56 Å². The highest BCUT2D eigenvalue weighted by Crippen LogP contribution is 2.48. The van der Waals surface area contributed by atoms with Crippen LogP contribution in [0.1, 0.15) is 53.9 Å². The van der Waals surface area contributed by atoms with Gasteiger partial charge in [0.2, 0.25) is 0 Å². The molecule has 1 amide bonds. The largest absolute Gasteiger partial charge is 0.493 e. The number of alkyl carbamates (subject to hydrolysis) is 1. The zero-order chi connectivity index (χ0) is 28.2. The lowest BCUT2D eigenvalue weighted by atomic mass is 9.81. The monoisotopic (exact) mass is 533 g/mol. The Hall–Kier alpha value is -4.53. The van der Waals surface area contributed by atoms with Crippen molar-refractivity contribution in [2.45, 2.75) is 44.6 Å². The van der Waals surface area contributed by atoms with E-state index in [2.05, 4.69) is 5.32 Å². The van der Waals surface area contributed by atoms with Gasteiger partial charge in [-0.3, -0.25) is 0 Å². The van der Waals surface area contributed by atoms with E-state index in [1.807, 2.05) is 30.3 Å². The second-order valence-corrected chi connectivity index (χ2v) is 9.93. The van der Waals surface area contributed by atoms with E-state index in [1.54, 1.807) is 63.2 Å². The molecule has 0 fully saturated rings. The molecule has 0 saturated heterocycles. The van der Waals surface area contributed by atoms with Crippen LogP contribution < -0.4 is 14.8 Å². The maximum absolute atomic E-state index is 14.0. The molecule has 0 aliphatic carbocycles. The zero-order valence-corrected chi connectivity index (χ0v) is 22.5. The molecule has 1 heterocycles. The molecule has 0 aromatic heterocycles. The molecule has 1 aliphatic heterocycles. The Balaban J connectivity index is 1.84. The molecule has 1 aliphatic rings. The molecule has 39 heavy (non-hydrogen) atoms. The van der Waals surface area contributed by atoms with E-state index in [9.17, 15) is 14.4 Å². The number of cyclic esters (lactones) is 1. The minimum Gasteiger partial charge on any atom is -0.493 e. The molecule has 1 N–H and O–H groups in total. The van der Waals surface area contributed by atoms with E-state index >= 15 is 0 Å². The first-order valence-corrected chi connectivity index (χ1v) is 12.3. The number of fused-ring (bicyclic) bond motifs is 1. The average Bonchev–Trinajstić information content (AvgIpc) is 3.23. The minimum atomic E-state index is -2.06. The summed E-state index contributed by atoms with van der Waals surface area (Å²) in [6, 6.07) is 19.3. The zero-order valence-electron chi connectivity index (χ0n) is 22.5. The van der Waals surface area contributed by atoms with Crippen molar-refractivity contribution in [1.82, 2.24) is 5.32 Å². The van der Waals surface area contributed by atoms with Crippen molar-refractivity contribution < 1.29 is 38.1 Å². The van der Waals surface area contributed by atoms with Crippen molar-refractivity contribution in [1.29, 1.82) is 0 Å². The number of hydrogen-bond acceptors (Lipinski definition) is 8. The van der Waals surface area contributed by atoms with Gasteiger partial charge in [0.25, 0.3) is 5.60 Å². The van der Waals surface area contributed by atoms with E-state index in [0.29, 0.717) is 17.1 Å². The molecule has 3 aromatic rings. The predicted molar refractivity (Wildman–Crippen MR) is 141 cm³/mol. The Bertz CT molecular complexity index is 1360. The molecule has 204 valence electrons. The number of ether oxygens (including phenoxy) is 5. The number of carbonyl (C=O) groups excluding carboxylic acids is 3. The number of methoxy groups -OCH3 is 2. The minimum absolute atomic E-state index is 0.0128. The molecule has 2 atom stereocenters. The van der Waals surface area contributed by atoms with Crippen molar-refractivity contribution in [3.05, 3.63) is 95.1 Å². The summed E-state index contributed by atoms with van der Waals surface area (Å²) in [5.41, 5.74) is -1.38. The molecule has 3 aromatic carbocycles. The number of nitrogens with one attached hydrogen (secondary N) is 1. The Morgan fingerprint density at radius 3 is 2.26 bits per heavy atom. The molecule has 0 bridgehead atoms. The molecular weight excluding hydrogens is 502 g/mol. The highest BCUT2D eigenvalue weighted by atomic mass is 16.6. The van der Waals surface area contributed by atoms with Gasteiger partial charge in [-0.05, 0) is 50.1 Å². The quantitative estimate of drug-likeness (QED) is 0.315. The van der Waals surface area contributed by atoms with Crippen molar-refractivity contribution in [3.63, 3.8) is 0 Å². The Kier molecular flexibility index (Phi) is 7.80. The number of rotatable bonds is 8. The average molecular weight is 534 g/mol. The Morgan fingerprint density at radius 1 is 0.923 bits per heavy atom. The van der Waals surface area contributed by atoms with Crippen LogP contribution >= 0.6 is 0 Å². The van der Waals surface area contributed by atoms with E-state index in [4.69, 9.17) is 23.7 Å². The number of hydrogen-bond donors (Lipinski definition) is 1. The number of carbonyl (C=O) groups is 3. The van der Waals surface area contributed by atoms with Gasteiger partial charge in [0.05, 0.1) is 19.8 Å². The van der Waals surface area contributed by atoms with Crippen LogP contribution in [0, 0.1) is 0 Å². The van der Waals surface area contributed by atoms with Crippen LogP contribution in [0.5, 0.6) is 11.5 Å². The number of amides is 1. The molecule has 0 saturated carbocycles. The van der Waals surface area contributed by atoms with Crippen LogP contribution in [-0.2, 0) is 31.2 Å². The Morgan fingerprint density at radius 2 is 1.59 bits per heavy atom. The molecule has 4 rings (SSSR count). The molecule has 9 nitrogen and oxygen atoms in total. The van der Waals surface area contributed by atoms with E-state index in [-0.39, 0.29) is 17.7 Å². The van der Waals surface area contributed by atoms with Crippen LogP contribution in [0.15, 0.2) is 72.8 Å². The third-order valence-electron chi connectivity index (χ3n) is 6.13. The van der Waals surface area contributed by atoms with Gasteiger partial charge in [0.1, 0.15) is 18.2 Å². The molecule has 9 heteroatoms. The second-order valence-electron chi connectivity index (χ2n) is 9.93. The Labute approximate surface area is 227 Å². The standard InChI is InChI=1S/C30H31NO8/c1-29(2,3)39-27(33)30(22-14-10-9-13-21(22)26(32)38-30)25(20-15-16-23(35-4)24(17-20)36-5)31-28(34)37-18-19-11-7-6-8-12-19/h6-17,25H,18H2,1-5H3,(H,31,34)/t25-,30+/m0/s1. The third-order valence-corrected chi connectivity index (χ3v) is 6.13. The fraction of sp³-hybridized carbons (Fsp3) is 0.300. The molecule has 0 radical (unpaired) electrons. The number of esters is 2. The summed E-state index contributed by atoms with van der Waals surface area (Å²) in [4.78, 5) is 40.3. The summed E-state index contributed by atoms with van der Waals surface area (Å²) in [7, 11) is 2.96. The van der Waals surface area contributed by atoms with Crippen LogP contribution in [0.3, 0.4) is 0 Å². The lowest BCUT2D eigenvalue weighted by Crippen LogP contribution is -2.52. The van der Waals surface area contributed by atoms with Gasteiger partial charge in [-0.15, -0.1) is 0 Å². The summed E-state index contributed by atoms with van der Waals surface area (Å²) in [6.07, 6.45) is -0.831. The molecule has 0 spiro atoms. The topological polar surface area (TPSA) is 109 Å². The molecule has 0 unspecified atom stereocenters. The van der Waals surface area contributed by atoms with E-state index < -0.39 is 35.3 Å². The van der Waals surface area contributed by atoms with Crippen LogP contribution in [-0.4, -0.2) is 37.9 Å². The van der Waals surface area contributed by atoms with Gasteiger partial charge in [-0.25, -0.2) is 14.4 Å². The van der Waals surface area contributed by atoms with E-state index in [0.717, 1.165) is 5.56 Å². The summed E-state index contributed by atoms with van der Waals surface area (Å²) < 4.78 is 28.0. The maximum atomic E-state index is 14.0. The van der Waals surface area contributed by atoms with Gasteiger partial charge >= 0.3 is 18.0 Å². The van der Waals surface area contributed by atoms with Crippen LogP contribution in [0.2, 0.25) is 0 Å². The van der Waals surface area contributed by atoms with Crippen molar-refractivity contribution in [3.8, 4) is 11.5 Å². The SMILES string of the molecule is COc1ccc([C@H](NC(=O)OCc2ccccc2)[C@]2(C(=O)OC(C)(C)C)OC(=O)c3ccccc32)cc1OC. The summed E-state index contributed by atoms with van der Waals surface area (Å²) in [6.45, 7) is 5.10. The van der Waals surface area contributed by atoms with Gasteiger partial charge in [0.15, 0.2) is 11.5 Å². The first-order chi connectivity index (χ1) is 18.6. The van der Waals surface area contributed by atoms with Crippen molar-refractivity contribution in [2.75, 3.05) is 14.2 Å². The van der Waals surface area contributed by atoms with E-state index in [1.165, 1.54) is 14.2 Å². The smallest absolute Gasteiger partial charge is 0.408 e. The summed E-state index contributed by atoms with van der Waals surface area (Å²) in [5.74, 6) is -0.795. The summed E-state index contributed by atoms with van der Waals surface area (Å²) in [5, 5.41) is 2.77. The number of benzene rings is 3. The highest BCUT2D eigenvalue weighted by Gasteiger charge is 2.60.